The van der Waals surface area contributed by atoms with Crippen molar-refractivity contribution in [2.75, 3.05) is 10.8 Å². The number of aryl methyl sites for hydroxylation is 4. The topological polar surface area (TPSA) is 86.8 Å². The van der Waals surface area contributed by atoms with Crippen molar-refractivity contribution in [2.45, 2.75) is 78.4 Å². The first-order valence-corrected chi connectivity index (χ1v) is 15.1. The van der Waals surface area contributed by atoms with Crippen molar-refractivity contribution in [2.24, 2.45) is 0 Å². The van der Waals surface area contributed by atoms with Crippen LogP contribution in [0, 0.1) is 27.7 Å². The van der Waals surface area contributed by atoms with Gasteiger partial charge in [-0.25, -0.2) is 8.42 Å². The second kappa shape index (κ2) is 13.1. The predicted molar refractivity (Wildman–Crippen MR) is 161 cm³/mol. The summed E-state index contributed by atoms with van der Waals surface area (Å²) in [5.41, 5.74) is 5.17. The number of rotatable bonds is 11. The monoisotopic (exact) mass is 563 g/mol. The Morgan fingerprint density at radius 1 is 0.825 bits per heavy atom. The average molecular weight is 564 g/mol. The molecule has 0 aliphatic heterocycles. The highest BCUT2D eigenvalue weighted by molar-refractivity contribution is 7.92. The quantitative estimate of drug-likeness (QED) is 0.336. The van der Waals surface area contributed by atoms with Gasteiger partial charge in [0.15, 0.2) is 0 Å². The molecule has 0 unspecified atom stereocenters. The number of benzene rings is 3. The summed E-state index contributed by atoms with van der Waals surface area (Å²) in [7, 11) is -4.09. The molecule has 0 aliphatic carbocycles. The average Bonchev–Trinajstić information content (AvgIpc) is 2.92. The molecule has 0 aliphatic rings. The summed E-state index contributed by atoms with van der Waals surface area (Å²) in [6, 6.07) is 18.8. The molecule has 2 atom stereocenters. The number of sulfonamides is 1. The molecule has 214 valence electrons. The van der Waals surface area contributed by atoms with Gasteiger partial charge in [0, 0.05) is 12.6 Å². The number of nitrogens with one attached hydrogen (secondary N) is 1. The van der Waals surface area contributed by atoms with Crippen LogP contribution in [0.3, 0.4) is 0 Å². The van der Waals surface area contributed by atoms with Gasteiger partial charge in [0.05, 0.1) is 10.6 Å². The molecule has 3 aromatic rings. The fraction of sp³-hybridized carbons (Fsp3) is 0.375. The van der Waals surface area contributed by atoms with Gasteiger partial charge in [0.1, 0.15) is 12.6 Å². The number of amides is 2. The van der Waals surface area contributed by atoms with Gasteiger partial charge in [-0.3, -0.25) is 13.9 Å². The third-order valence-electron chi connectivity index (χ3n) is 7.31. The SMILES string of the molecule is CC[C@@H](C)NC(=O)[C@@H](C)N(Cc1ccc(C)cc1)C(=O)CN(c1ccc(C)c(C)c1)S(=O)(=O)c1ccc(C)cc1. The lowest BCUT2D eigenvalue weighted by Gasteiger charge is -2.32. The molecule has 3 rings (SSSR count). The zero-order chi connectivity index (χ0) is 29.6. The summed E-state index contributed by atoms with van der Waals surface area (Å²) < 4.78 is 29.1. The van der Waals surface area contributed by atoms with E-state index >= 15 is 0 Å². The molecule has 2 amide bonds. The van der Waals surface area contributed by atoms with Crippen LogP contribution >= 0.6 is 0 Å². The molecule has 0 bridgehead atoms. The molecular weight excluding hydrogens is 522 g/mol. The van der Waals surface area contributed by atoms with E-state index in [4.69, 9.17) is 0 Å². The van der Waals surface area contributed by atoms with E-state index in [1.165, 1.54) is 4.90 Å². The number of carbonyl (C=O) groups is 2. The van der Waals surface area contributed by atoms with Crippen LogP contribution in [-0.2, 0) is 26.2 Å². The minimum Gasteiger partial charge on any atom is -0.352 e. The lowest BCUT2D eigenvalue weighted by molar-refractivity contribution is -0.139. The maximum atomic E-state index is 14.0. The van der Waals surface area contributed by atoms with Crippen LogP contribution in [0.2, 0.25) is 0 Å². The summed E-state index contributed by atoms with van der Waals surface area (Å²) in [5, 5.41) is 2.95. The number of anilines is 1. The van der Waals surface area contributed by atoms with Gasteiger partial charge < -0.3 is 10.2 Å². The Labute approximate surface area is 239 Å². The van der Waals surface area contributed by atoms with E-state index in [0.29, 0.717) is 5.69 Å². The molecule has 0 aromatic heterocycles. The van der Waals surface area contributed by atoms with Crippen molar-refractivity contribution in [3.05, 3.63) is 94.5 Å². The molecule has 7 nitrogen and oxygen atoms in total. The number of nitrogens with zero attached hydrogens (tertiary/aromatic N) is 2. The summed E-state index contributed by atoms with van der Waals surface area (Å²) in [6.45, 7) is 13.0. The molecule has 0 heterocycles. The molecule has 0 spiro atoms. The standard InChI is InChI=1S/C32H41N3O4S/c1-8-26(6)33-32(37)27(7)34(20-28-14-9-22(2)10-15-28)31(36)21-35(29-16-13-24(4)25(5)19-29)40(38,39)30-17-11-23(3)12-18-30/h9-19,26-27H,8,20-21H2,1-7H3,(H,33,37)/t26-,27-/m1/s1. The fourth-order valence-corrected chi connectivity index (χ4v) is 5.59. The lowest BCUT2D eigenvalue weighted by atomic mass is 10.1. The number of hydrogen-bond acceptors (Lipinski definition) is 4. The second-order valence-electron chi connectivity index (χ2n) is 10.6. The van der Waals surface area contributed by atoms with Gasteiger partial charge in [-0.15, -0.1) is 0 Å². The van der Waals surface area contributed by atoms with Gasteiger partial charge in [0.25, 0.3) is 10.0 Å². The summed E-state index contributed by atoms with van der Waals surface area (Å²) >= 11 is 0. The lowest BCUT2D eigenvalue weighted by Crippen LogP contribution is -2.52. The Bertz CT molecular complexity index is 1430. The van der Waals surface area contributed by atoms with Gasteiger partial charge in [-0.1, -0.05) is 60.5 Å². The van der Waals surface area contributed by atoms with Crippen LogP contribution in [0.25, 0.3) is 0 Å². The van der Waals surface area contributed by atoms with Crippen LogP contribution in [0.5, 0.6) is 0 Å². The third kappa shape index (κ3) is 7.50. The highest BCUT2D eigenvalue weighted by Gasteiger charge is 2.33. The zero-order valence-corrected chi connectivity index (χ0v) is 25.4. The van der Waals surface area contributed by atoms with Crippen LogP contribution in [0.15, 0.2) is 71.6 Å². The molecule has 0 fully saturated rings. The molecule has 0 saturated carbocycles. The van der Waals surface area contributed by atoms with Crippen molar-refractivity contribution < 1.29 is 18.0 Å². The zero-order valence-electron chi connectivity index (χ0n) is 24.6. The van der Waals surface area contributed by atoms with Crippen LogP contribution in [0.1, 0.15) is 55.0 Å². The Morgan fingerprint density at radius 2 is 1.40 bits per heavy atom. The first-order chi connectivity index (χ1) is 18.8. The molecule has 8 heteroatoms. The van der Waals surface area contributed by atoms with E-state index in [-0.39, 0.29) is 23.4 Å². The molecule has 0 radical (unpaired) electrons. The summed E-state index contributed by atoms with van der Waals surface area (Å²) in [4.78, 5) is 28.7. The van der Waals surface area contributed by atoms with Gasteiger partial charge in [0.2, 0.25) is 11.8 Å². The highest BCUT2D eigenvalue weighted by Crippen LogP contribution is 2.27. The maximum absolute atomic E-state index is 14.0. The van der Waals surface area contributed by atoms with E-state index in [1.54, 1.807) is 43.3 Å². The second-order valence-corrected chi connectivity index (χ2v) is 12.5. The van der Waals surface area contributed by atoms with E-state index in [1.807, 2.05) is 71.9 Å². The molecule has 40 heavy (non-hydrogen) atoms. The number of hydrogen-bond donors (Lipinski definition) is 1. The minimum absolute atomic E-state index is 0.0553. The van der Waals surface area contributed by atoms with Crippen LogP contribution < -0.4 is 9.62 Å². The van der Waals surface area contributed by atoms with Crippen LogP contribution in [0.4, 0.5) is 5.69 Å². The van der Waals surface area contributed by atoms with E-state index in [0.717, 1.165) is 38.5 Å². The van der Waals surface area contributed by atoms with Crippen LogP contribution in [-0.4, -0.2) is 43.8 Å². The normalized spacial score (nSPS) is 12.9. The van der Waals surface area contributed by atoms with Crippen molar-refractivity contribution in [1.82, 2.24) is 10.2 Å². The Balaban J connectivity index is 2.04. The van der Waals surface area contributed by atoms with Gasteiger partial charge >= 0.3 is 0 Å². The van der Waals surface area contributed by atoms with Crippen molar-refractivity contribution in [3.63, 3.8) is 0 Å². The van der Waals surface area contributed by atoms with Gasteiger partial charge in [-0.2, -0.15) is 0 Å². The van der Waals surface area contributed by atoms with E-state index < -0.39 is 28.5 Å². The first kappa shape index (κ1) is 30.9. The molecule has 3 aromatic carbocycles. The maximum Gasteiger partial charge on any atom is 0.264 e. The van der Waals surface area contributed by atoms with Gasteiger partial charge in [-0.05, 0) is 88.9 Å². The van der Waals surface area contributed by atoms with Crippen molar-refractivity contribution in [3.8, 4) is 0 Å². The third-order valence-corrected chi connectivity index (χ3v) is 9.10. The van der Waals surface area contributed by atoms with E-state index in [9.17, 15) is 18.0 Å². The van der Waals surface area contributed by atoms with Crippen molar-refractivity contribution >= 4 is 27.5 Å². The fourth-order valence-electron chi connectivity index (χ4n) is 4.19. The minimum atomic E-state index is -4.09. The summed E-state index contributed by atoms with van der Waals surface area (Å²) in [5.74, 6) is -0.754. The number of carbonyl (C=O) groups excluding carboxylic acids is 2. The Hall–Kier alpha value is -3.65. The predicted octanol–water partition coefficient (Wildman–Crippen LogP) is 5.45. The molecule has 0 saturated heterocycles. The smallest absolute Gasteiger partial charge is 0.264 e. The molecular formula is C32H41N3O4S. The van der Waals surface area contributed by atoms with Crippen molar-refractivity contribution in [1.29, 1.82) is 0 Å². The van der Waals surface area contributed by atoms with E-state index in [2.05, 4.69) is 5.32 Å². The Kier molecular flexibility index (Phi) is 10.1. The summed E-state index contributed by atoms with van der Waals surface area (Å²) in [6.07, 6.45) is 0.750. The molecule has 1 N–H and O–H groups in total. The largest absolute Gasteiger partial charge is 0.352 e. The Morgan fingerprint density at radius 3 is 1.95 bits per heavy atom. The first-order valence-electron chi connectivity index (χ1n) is 13.7. The highest BCUT2D eigenvalue weighted by atomic mass is 32.2.